The number of ketones is 1. The van der Waals surface area contributed by atoms with Crippen molar-refractivity contribution in [1.29, 1.82) is 0 Å². The van der Waals surface area contributed by atoms with E-state index in [-0.39, 0.29) is 23.2 Å². The van der Waals surface area contributed by atoms with Gasteiger partial charge in [-0.1, -0.05) is 24.3 Å². The molecule has 2 atom stereocenters. The summed E-state index contributed by atoms with van der Waals surface area (Å²) in [5.74, 6) is -2.99. The second-order valence-electron chi connectivity index (χ2n) is 4.40. The lowest BCUT2D eigenvalue weighted by atomic mass is 9.86. The largest absolute Gasteiger partial charge is 0.502 e. The van der Waals surface area contributed by atoms with Gasteiger partial charge in [0.1, 0.15) is 0 Å². The Morgan fingerprint density at radius 3 is 2.29 bits per heavy atom. The van der Waals surface area contributed by atoms with Gasteiger partial charge in [0.25, 0.3) is 0 Å². The minimum Gasteiger partial charge on any atom is -0.502 e. The molecule has 4 nitrogen and oxygen atoms in total. The summed E-state index contributed by atoms with van der Waals surface area (Å²) in [7, 11) is 0. The molecular formula is C13H10O4. The van der Waals surface area contributed by atoms with E-state index in [1.165, 1.54) is 0 Å². The van der Waals surface area contributed by atoms with Gasteiger partial charge in [-0.3, -0.25) is 4.79 Å². The van der Waals surface area contributed by atoms with Crippen LogP contribution in [0, 0.1) is 0 Å². The summed E-state index contributed by atoms with van der Waals surface area (Å²) < 4.78 is 0. The first-order valence-electron chi connectivity index (χ1n) is 5.40. The molecule has 2 aliphatic carbocycles. The molecule has 1 fully saturated rings. The van der Waals surface area contributed by atoms with E-state index in [4.69, 9.17) is 5.11 Å². The van der Waals surface area contributed by atoms with Gasteiger partial charge in [-0.2, -0.15) is 0 Å². The monoisotopic (exact) mass is 230 g/mol. The van der Waals surface area contributed by atoms with Crippen molar-refractivity contribution >= 4 is 11.8 Å². The van der Waals surface area contributed by atoms with Gasteiger partial charge in [0.05, 0.1) is 5.57 Å². The quantitative estimate of drug-likeness (QED) is 0.569. The van der Waals surface area contributed by atoms with Crippen molar-refractivity contribution < 1.29 is 19.8 Å². The van der Waals surface area contributed by atoms with Crippen molar-refractivity contribution in [3.05, 3.63) is 46.7 Å². The average molecular weight is 230 g/mol. The Kier molecular flexibility index (Phi) is 1.90. The van der Waals surface area contributed by atoms with E-state index in [0.717, 1.165) is 11.1 Å². The summed E-state index contributed by atoms with van der Waals surface area (Å²) in [6.45, 7) is 0. The SMILES string of the molecule is O=C(O)C(O)=C1C(=O)C2CC1c1ccccc12. The Hall–Kier alpha value is -2.10. The van der Waals surface area contributed by atoms with E-state index < -0.39 is 11.7 Å². The van der Waals surface area contributed by atoms with Crippen LogP contribution in [-0.4, -0.2) is 22.0 Å². The molecule has 0 spiro atoms. The Morgan fingerprint density at radius 1 is 1.12 bits per heavy atom. The first-order valence-corrected chi connectivity index (χ1v) is 5.40. The van der Waals surface area contributed by atoms with Crippen LogP contribution >= 0.6 is 0 Å². The van der Waals surface area contributed by atoms with Gasteiger partial charge < -0.3 is 10.2 Å². The maximum absolute atomic E-state index is 12.0. The lowest BCUT2D eigenvalue weighted by Gasteiger charge is -2.17. The van der Waals surface area contributed by atoms with Crippen LogP contribution in [0.4, 0.5) is 0 Å². The molecule has 2 N–H and O–H groups in total. The highest BCUT2D eigenvalue weighted by molar-refractivity contribution is 6.10. The van der Waals surface area contributed by atoms with Gasteiger partial charge >= 0.3 is 5.97 Å². The third-order valence-corrected chi connectivity index (χ3v) is 3.61. The number of carbonyl (C=O) groups excluding carboxylic acids is 1. The van der Waals surface area contributed by atoms with E-state index in [0.29, 0.717) is 6.42 Å². The minimum absolute atomic E-state index is 0.0706. The number of aliphatic hydroxyl groups excluding tert-OH is 1. The van der Waals surface area contributed by atoms with E-state index in [1.54, 1.807) is 0 Å². The zero-order valence-corrected chi connectivity index (χ0v) is 8.88. The number of aliphatic hydroxyl groups is 1. The molecule has 1 aromatic rings. The number of aliphatic carboxylic acids is 1. The molecule has 2 aliphatic rings. The van der Waals surface area contributed by atoms with Crippen molar-refractivity contribution in [3.63, 3.8) is 0 Å². The van der Waals surface area contributed by atoms with Gasteiger partial charge in [0, 0.05) is 11.8 Å². The number of Topliss-reactive ketones (excluding diaryl/α,β-unsaturated/α-hetero) is 1. The number of rotatable bonds is 1. The van der Waals surface area contributed by atoms with Gasteiger partial charge in [-0.15, -0.1) is 0 Å². The highest BCUT2D eigenvalue weighted by Crippen LogP contribution is 2.54. The molecule has 0 amide bonds. The van der Waals surface area contributed by atoms with Crippen LogP contribution in [0.25, 0.3) is 0 Å². The smallest absolute Gasteiger partial charge is 0.371 e. The molecule has 1 aromatic carbocycles. The summed E-state index contributed by atoms with van der Waals surface area (Å²) in [5, 5.41) is 18.3. The zero-order chi connectivity index (χ0) is 12.2. The third kappa shape index (κ3) is 1.18. The van der Waals surface area contributed by atoms with Gasteiger partial charge in [-0.25, -0.2) is 4.79 Å². The van der Waals surface area contributed by atoms with Gasteiger partial charge in [0.2, 0.25) is 5.76 Å². The fourth-order valence-electron chi connectivity index (χ4n) is 2.91. The fraction of sp³-hybridized carbons (Fsp3) is 0.231. The second kappa shape index (κ2) is 3.20. The number of carbonyl (C=O) groups is 2. The Balaban J connectivity index is 2.20. The third-order valence-electron chi connectivity index (χ3n) is 3.61. The predicted molar refractivity (Wildman–Crippen MR) is 58.8 cm³/mol. The number of fused-ring (bicyclic) bond motifs is 5. The molecular weight excluding hydrogens is 220 g/mol. The summed E-state index contributed by atoms with van der Waals surface area (Å²) in [4.78, 5) is 22.8. The molecule has 0 aromatic heterocycles. The van der Waals surface area contributed by atoms with E-state index in [9.17, 15) is 14.7 Å². The molecule has 2 unspecified atom stereocenters. The molecule has 0 radical (unpaired) electrons. The van der Waals surface area contributed by atoms with Crippen molar-refractivity contribution in [2.45, 2.75) is 18.3 Å². The number of carboxylic acids is 1. The van der Waals surface area contributed by atoms with Crippen LogP contribution in [0.15, 0.2) is 35.6 Å². The minimum atomic E-state index is -1.43. The van der Waals surface area contributed by atoms with Crippen LogP contribution in [0.1, 0.15) is 29.4 Å². The zero-order valence-electron chi connectivity index (χ0n) is 8.88. The number of hydrogen-bond donors (Lipinski definition) is 2. The van der Waals surface area contributed by atoms with Crippen molar-refractivity contribution in [3.8, 4) is 0 Å². The summed E-state index contributed by atoms with van der Waals surface area (Å²) in [6, 6.07) is 7.51. The molecule has 86 valence electrons. The lowest BCUT2D eigenvalue weighted by Crippen LogP contribution is -2.17. The topological polar surface area (TPSA) is 74.6 Å². The van der Waals surface area contributed by atoms with Crippen molar-refractivity contribution in [2.24, 2.45) is 0 Å². The normalized spacial score (nSPS) is 28.1. The van der Waals surface area contributed by atoms with Crippen LogP contribution < -0.4 is 0 Å². The molecule has 1 saturated carbocycles. The molecule has 3 rings (SSSR count). The Bertz CT molecular complexity index is 571. The maximum Gasteiger partial charge on any atom is 0.371 e. The molecule has 0 saturated heterocycles. The molecule has 2 bridgehead atoms. The molecule has 4 heteroatoms. The van der Waals surface area contributed by atoms with E-state index in [1.807, 2.05) is 24.3 Å². The number of benzene rings is 1. The number of allylic oxidation sites excluding steroid dienone is 1. The first-order chi connectivity index (χ1) is 8.11. The maximum atomic E-state index is 12.0. The number of carboxylic acid groups (broad SMARTS) is 1. The van der Waals surface area contributed by atoms with Crippen LogP contribution in [0.3, 0.4) is 0 Å². The van der Waals surface area contributed by atoms with Gasteiger partial charge in [-0.05, 0) is 17.5 Å². The van der Waals surface area contributed by atoms with Gasteiger partial charge in [0.15, 0.2) is 5.78 Å². The summed E-state index contributed by atoms with van der Waals surface area (Å²) in [6.07, 6.45) is 0.588. The molecule has 0 aliphatic heterocycles. The Morgan fingerprint density at radius 2 is 1.71 bits per heavy atom. The summed E-state index contributed by atoms with van der Waals surface area (Å²) in [5.41, 5.74) is 2.02. The number of hydrogen-bond acceptors (Lipinski definition) is 3. The van der Waals surface area contributed by atoms with Crippen LogP contribution in [0.2, 0.25) is 0 Å². The van der Waals surface area contributed by atoms with E-state index in [2.05, 4.69) is 0 Å². The van der Waals surface area contributed by atoms with Crippen LogP contribution in [-0.2, 0) is 9.59 Å². The highest BCUT2D eigenvalue weighted by atomic mass is 16.4. The predicted octanol–water partition coefficient (Wildman–Crippen LogP) is 1.74. The van der Waals surface area contributed by atoms with Crippen molar-refractivity contribution in [1.82, 2.24) is 0 Å². The fourth-order valence-corrected chi connectivity index (χ4v) is 2.91. The average Bonchev–Trinajstić information content (AvgIpc) is 2.84. The second-order valence-corrected chi connectivity index (χ2v) is 4.40. The van der Waals surface area contributed by atoms with Crippen molar-refractivity contribution in [2.75, 3.05) is 0 Å². The van der Waals surface area contributed by atoms with Crippen LogP contribution in [0.5, 0.6) is 0 Å². The first kappa shape index (κ1) is 10.1. The molecule has 0 heterocycles. The lowest BCUT2D eigenvalue weighted by molar-refractivity contribution is -0.136. The molecule has 17 heavy (non-hydrogen) atoms. The van der Waals surface area contributed by atoms with E-state index >= 15 is 0 Å². The Labute approximate surface area is 97.2 Å². The standard InChI is InChI=1S/C13H10O4/c14-11-9-5-8(10(11)12(15)13(16)17)6-3-1-2-4-7(6)9/h1-4,8-9,15H,5H2,(H,16,17). The summed E-state index contributed by atoms with van der Waals surface area (Å²) >= 11 is 0. The highest BCUT2D eigenvalue weighted by Gasteiger charge is 2.49.